The molecule has 1 atom stereocenters. The van der Waals surface area contributed by atoms with E-state index in [0.717, 1.165) is 18.2 Å². The molecule has 1 aromatic carbocycles. The molecule has 1 aromatic rings. The average molecular weight is 337 g/mol. The van der Waals surface area contributed by atoms with Crippen LogP contribution in [0.4, 0.5) is 5.69 Å². The summed E-state index contributed by atoms with van der Waals surface area (Å²) in [4.78, 5) is 20.1. The molecule has 0 aliphatic heterocycles. The first-order valence-electron chi connectivity index (χ1n) is 5.81. The molecule has 1 rings (SSSR count). The number of benzene rings is 1. The molecule has 2 N–H and O–H groups in total. The SMILES string of the molecule is CC(CCC(=O)O)NS(=O)(=O)c1ccc(Cl)c([N+](=O)[O-])c1. The zero-order chi connectivity index (χ0) is 16.2. The Morgan fingerprint density at radius 1 is 1.52 bits per heavy atom. The third kappa shape index (κ3) is 4.96. The van der Waals surface area contributed by atoms with Gasteiger partial charge in [0.1, 0.15) is 5.02 Å². The van der Waals surface area contributed by atoms with Crippen molar-refractivity contribution >= 4 is 33.3 Å². The van der Waals surface area contributed by atoms with Crippen molar-refractivity contribution in [3.8, 4) is 0 Å². The Morgan fingerprint density at radius 2 is 2.14 bits per heavy atom. The van der Waals surface area contributed by atoms with Gasteiger partial charge in [-0.1, -0.05) is 11.6 Å². The molecule has 0 saturated heterocycles. The Labute approximate surface area is 125 Å². The third-order valence-corrected chi connectivity index (χ3v) is 4.48. The lowest BCUT2D eigenvalue weighted by atomic mass is 10.2. The maximum atomic E-state index is 12.0. The van der Waals surface area contributed by atoms with Gasteiger partial charge in [0, 0.05) is 18.5 Å². The summed E-state index contributed by atoms with van der Waals surface area (Å²) in [5, 5.41) is 19.1. The number of hydrogen-bond donors (Lipinski definition) is 2. The summed E-state index contributed by atoms with van der Waals surface area (Å²) in [6.07, 6.45) is -0.0886. The number of nitro benzene ring substituents is 1. The van der Waals surface area contributed by atoms with Gasteiger partial charge in [0.15, 0.2) is 0 Å². The van der Waals surface area contributed by atoms with Crippen LogP contribution in [0.25, 0.3) is 0 Å². The Morgan fingerprint density at radius 3 is 2.67 bits per heavy atom. The van der Waals surface area contributed by atoms with Crippen LogP contribution in [-0.4, -0.2) is 30.5 Å². The normalized spacial score (nSPS) is 12.9. The first-order valence-corrected chi connectivity index (χ1v) is 7.67. The molecule has 0 saturated carbocycles. The molecule has 1 unspecified atom stereocenters. The minimum atomic E-state index is -3.99. The average Bonchev–Trinajstić information content (AvgIpc) is 2.35. The smallest absolute Gasteiger partial charge is 0.303 e. The summed E-state index contributed by atoms with van der Waals surface area (Å²) < 4.78 is 26.4. The van der Waals surface area contributed by atoms with Crippen LogP contribution in [0.2, 0.25) is 5.02 Å². The van der Waals surface area contributed by atoms with Gasteiger partial charge in [-0.2, -0.15) is 0 Å². The molecule has 0 amide bonds. The van der Waals surface area contributed by atoms with E-state index in [2.05, 4.69) is 4.72 Å². The minimum absolute atomic E-state index is 0.101. The predicted molar refractivity (Wildman–Crippen MR) is 74.8 cm³/mol. The Kier molecular flexibility index (Phi) is 5.64. The maximum absolute atomic E-state index is 12.0. The fourth-order valence-corrected chi connectivity index (χ4v) is 3.02. The summed E-state index contributed by atoms with van der Waals surface area (Å²) in [7, 11) is -3.99. The number of sulfonamides is 1. The lowest BCUT2D eigenvalue weighted by Crippen LogP contribution is -2.33. The van der Waals surface area contributed by atoms with Gasteiger partial charge in [-0.15, -0.1) is 0 Å². The number of carboxylic acids is 1. The van der Waals surface area contributed by atoms with E-state index in [-0.39, 0.29) is 22.8 Å². The van der Waals surface area contributed by atoms with Crippen LogP contribution in [0, 0.1) is 10.1 Å². The number of hydrogen-bond acceptors (Lipinski definition) is 5. The molecule has 0 aliphatic carbocycles. The van der Waals surface area contributed by atoms with Crippen LogP contribution in [0.3, 0.4) is 0 Å². The van der Waals surface area contributed by atoms with Crippen LogP contribution in [-0.2, 0) is 14.8 Å². The highest BCUT2D eigenvalue weighted by atomic mass is 35.5. The fraction of sp³-hybridized carbons (Fsp3) is 0.364. The highest BCUT2D eigenvalue weighted by Crippen LogP contribution is 2.27. The number of nitrogens with zero attached hydrogens (tertiary/aromatic N) is 1. The van der Waals surface area contributed by atoms with Gasteiger partial charge in [-0.3, -0.25) is 14.9 Å². The molecular weight excluding hydrogens is 324 g/mol. The number of carbonyl (C=O) groups is 1. The van der Waals surface area contributed by atoms with Crippen molar-refractivity contribution in [3.05, 3.63) is 33.3 Å². The third-order valence-electron chi connectivity index (χ3n) is 2.57. The quantitative estimate of drug-likeness (QED) is 0.577. The van der Waals surface area contributed by atoms with Gasteiger partial charge in [0.25, 0.3) is 5.69 Å². The van der Waals surface area contributed by atoms with Crippen molar-refractivity contribution in [1.29, 1.82) is 0 Å². The van der Waals surface area contributed by atoms with Crippen LogP contribution < -0.4 is 4.72 Å². The second-order valence-electron chi connectivity index (χ2n) is 4.33. The van der Waals surface area contributed by atoms with Crippen LogP contribution in [0.1, 0.15) is 19.8 Å². The molecule has 0 aliphatic rings. The highest BCUT2D eigenvalue weighted by molar-refractivity contribution is 7.89. The van der Waals surface area contributed by atoms with E-state index in [0.29, 0.717) is 0 Å². The summed E-state index contributed by atoms with van der Waals surface area (Å²) in [5.41, 5.74) is -0.516. The van der Waals surface area contributed by atoms with Gasteiger partial charge in [-0.25, -0.2) is 13.1 Å². The molecule has 8 nitrogen and oxygen atoms in total. The summed E-state index contributed by atoms with van der Waals surface area (Å²) in [5.74, 6) is -1.04. The Balaban J connectivity index is 2.95. The molecule has 21 heavy (non-hydrogen) atoms. The highest BCUT2D eigenvalue weighted by Gasteiger charge is 2.22. The molecular formula is C11H13ClN2O6S. The van der Waals surface area contributed by atoms with Crippen molar-refractivity contribution in [2.24, 2.45) is 0 Å². The molecule has 0 bridgehead atoms. The lowest BCUT2D eigenvalue weighted by Gasteiger charge is -2.13. The number of aliphatic carboxylic acids is 1. The van der Waals surface area contributed by atoms with Gasteiger partial charge in [0.2, 0.25) is 10.0 Å². The number of nitrogens with one attached hydrogen (secondary N) is 1. The summed E-state index contributed by atoms with van der Waals surface area (Å²) >= 11 is 5.61. The van der Waals surface area contributed by atoms with Crippen molar-refractivity contribution in [2.45, 2.75) is 30.7 Å². The van der Waals surface area contributed by atoms with E-state index < -0.39 is 32.6 Å². The Hall–Kier alpha value is -1.71. The predicted octanol–water partition coefficient (Wildman–Crippen LogP) is 1.78. The number of rotatable bonds is 7. The van der Waals surface area contributed by atoms with Crippen molar-refractivity contribution < 1.29 is 23.2 Å². The summed E-state index contributed by atoms with van der Waals surface area (Å²) in [6.45, 7) is 1.50. The van der Waals surface area contributed by atoms with Crippen LogP contribution in [0.15, 0.2) is 23.1 Å². The zero-order valence-electron chi connectivity index (χ0n) is 10.9. The van der Waals surface area contributed by atoms with Crippen LogP contribution >= 0.6 is 11.6 Å². The monoisotopic (exact) mass is 336 g/mol. The number of carboxylic acid groups (broad SMARTS) is 1. The molecule has 10 heteroatoms. The Bertz CT molecular complexity index is 661. The van der Waals surface area contributed by atoms with E-state index in [9.17, 15) is 23.3 Å². The van der Waals surface area contributed by atoms with Gasteiger partial charge >= 0.3 is 5.97 Å². The molecule has 0 heterocycles. The molecule has 116 valence electrons. The van der Waals surface area contributed by atoms with E-state index in [1.54, 1.807) is 0 Å². The molecule has 0 fully saturated rings. The summed E-state index contributed by atoms with van der Waals surface area (Å²) in [6, 6.07) is 2.49. The maximum Gasteiger partial charge on any atom is 0.303 e. The van der Waals surface area contributed by atoms with Gasteiger partial charge in [-0.05, 0) is 25.5 Å². The zero-order valence-corrected chi connectivity index (χ0v) is 12.5. The largest absolute Gasteiger partial charge is 0.481 e. The number of halogens is 1. The second-order valence-corrected chi connectivity index (χ2v) is 6.45. The topological polar surface area (TPSA) is 127 Å². The molecule has 0 aromatic heterocycles. The van der Waals surface area contributed by atoms with Crippen LogP contribution in [0.5, 0.6) is 0 Å². The van der Waals surface area contributed by atoms with Crippen molar-refractivity contribution in [3.63, 3.8) is 0 Å². The minimum Gasteiger partial charge on any atom is -0.481 e. The first-order chi connectivity index (χ1) is 9.63. The van der Waals surface area contributed by atoms with Crippen molar-refractivity contribution in [1.82, 2.24) is 4.72 Å². The lowest BCUT2D eigenvalue weighted by molar-refractivity contribution is -0.384. The van der Waals surface area contributed by atoms with Gasteiger partial charge in [0.05, 0.1) is 9.82 Å². The first kappa shape index (κ1) is 17.3. The van der Waals surface area contributed by atoms with E-state index >= 15 is 0 Å². The van der Waals surface area contributed by atoms with Crippen molar-refractivity contribution in [2.75, 3.05) is 0 Å². The van der Waals surface area contributed by atoms with E-state index in [1.807, 2.05) is 0 Å². The molecule has 0 radical (unpaired) electrons. The molecule has 0 spiro atoms. The standard InChI is InChI=1S/C11H13ClN2O6S/c1-7(2-5-11(15)16)13-21(19,20)8-3-4-9(12)10(6-8)14(17)18/h3-4,6-7,13H,2,5H2,1H3,(H,15,16). The van der Waals surface area contributed by atoms with E-state index in [1.165, 1.54) is 6.92 Å². The fourth-order valence-electron chi connectivity index (χ4n) is 1.53. The number of nitro groups is 1. The van der Waals surface area contributed by atoms with E-state index in [4.69, 9.17) is 16.7 Å². The second kappa shape index (κ2) is 6.83. The van der Waals surface area contributed by atoms with Gasteiger partial charge < -0.3 is 5.11 Å².